The van der Waals surface area contributed by atoms with Crippen molar-refractivity contribution in [2.45, 2.75) is 72.6 Å². The number of phosphoric acid groups is 1. The third-order valence-corrected chi connectivity index (χ3v) is 10.4. The Kier molecular flexibility index (Phi) is 11.9. The summed E-state index contributed by atoms with van der Waals surface area (Å²) in [6.07, 6.45) is -3.13. The average molecular weight is 681 g/mol. The smallest absolute Gasteiger partial charge is 0.387 e. The Morgan fingerprint density at radius 1 is 1.11 bits per heavy atom. The maximum Gasteiger partial charge on any atom is 0.474 e. The van der Waals surface area contributed by atoms with Crippen molar-refractivity contribution < 1.29 is 42.0 Å². The summed E-state index contributed by atoms with van der Waals surface area (Å²) in [7, 11) is -2.69. The molecule has 1 fully saturated rings. The summed E-state index contributed by atoms with van der Waals surface area (Å²) >= 11 is 2.03. The van der Waals surface area contributed by atoms with Gasteiger partial charge in [-0.25, -0.2) is 13.9 Å². The van der Waals surface area contributed by atoms with E-state index >= 15 is 4.39 Å². The number of hydrogen-bond donors (Lipinski definition) is 3. The molecule has 14 nitrogen and oxygen atoms in total. The van der Waals surface area contributed by atoms with E-state index in [0.717, 1.165) is 30.4 Å². The molecule has 2 aromatic rings. The highest BCUT2D eigenvalue weighted by Crippen LogP contribution is 2.51. The Labute approximate surface area is 264 Å². The molecule has 0 spiro atoms. The van der Waals surface area contributed by atoms with Crippen LogP contribution in [0.2, 0.25) is 0 Å². The van der Waals surface area contributed by atoms with E-state index in [9.17, 15) is 19.3 Å². The van der Waals surface area contributed by atoms with Gasteiger partial charge in [-0.1, -0.05) is 65.1 Å². The minimum atomic E-state index is -4.30. The molecule has 1 saturated heterocycles. The number of carbonyl (C=O) groups is 2. The Bertz CT molecular complexity index is 1340. The quantitative estimate of drug-likeness (QED) is 0.201. The Morgan fingerprint density at radius 2 is 1.66 bits per heavy atom. The van der Waals surface area contributed by atoms with Gasteiger partial charge < -0.3 is 20.9 Å². The highest BCUT2D eigenvalue weighted by molar-refractivity contribution is 8.14. The van der Waals surface area contributed by atoms with Gasteiger partial charge in [0, 0.05) is 29.4 Å². The van der Waals surface area contributed by atoms with Gasteiger partial charge in [0.05, 0.1) is 26.1 Å². The van der Waals surface area contributed by atoms with Crippen molar-refractivity contribution in [2.75, 3.05) is 49.4 Å². The molecule has 3 rings (SSSR count). The van der Waals surface area contributed by atoms with Crippen LogP contribution in [0, 0.1) is 10.8 Å². The van der Waals surface area contributed by atoms with Crippen LogP contribution in [0.25, 0.3) is 11.2 Å². The van der Waals surface area contributed by atoms with Gasteiger partial charge in [-0.15, -0.1) is 0 Å². The van der Waals surface area contributed by atoms with E-state index in [0.29, 0.717) is 11.3 Å². The summed E-state index contributed by atoms with van der Waals surface area (Å²) in [5, 5.41) is 13.6. The maximum atomic E-state index is 16.0. The second-order valence-corrected chi connectivity index (χ2v) is 16.1. The van der Waals surface area contributed by atoms with Gasteiger partial charge in [0.15, 0.2) is 39.1 Å². The molecule has 0 amide bonds. The number of fused-ring (bicyclic) bond motifs is 1. The Morgan fingerprint density at radius 3 is 2.16 bits per heavy atom. The molecule has 248 valence electrons. The Hall–Kier alpha value is -1.85. The van der Waals surface area contributed by atoms with Crippen molar-refractivity contribution in [2.24, 2.45) is 10.8 Å². The second-order valence-electron chi connectivity index (χ2n) is 12.3. The Balaban J connectivity index is 1.72. The number of thioether (sulfide) groups is 2. The first-order chi connectivity index (χ1) is 20.3. The number of aromatic nitrogens is 4. The number of carbonyl (C=O) groups excluding carboxylic acids is 2. The third kappa shape index (κ3) is 8.90. The zero-order valence-corrected chi connectivity index (χ0v) is 28.7. The molecule has 3 heterocycles. The summed E-state index contributed by atoms with van der Waals surface area (Å²) in [4.78, 5) is 36.9. The van der Waals surface area contributed by atoms with Crippen LogP contribution in [0.1, 0.15) is 54.7 Å². The lowest BCUT2D eigenvalue weighted by atomic mass is 9.98. The lowest BCUT2D eigenvalue weighted by Crippen LogP contribution is -2.40. The number of anilines is 2. The van der Waals surface area contributed by atoms with E-state index in [1.54, 1.807) is 48.6 Å². The number of ether oxygens (including phenoxy) is 1. The van der Waals surface area contributed by atoms with Crippen molar-refractivity contribution in [3.63, 3.8) is 0 Å². The fourth-order valence-electron chi connectivity index (χ4n) is 3.91. The standard InChI is InChI=1S/C26H42FN6O8PS2/c1-24(2,3)21(35)43-11-9-38-42(37,39-10-12-44-22(36)25(4,5)6)40-13-15-17(34)26(7,27)20(41-15)33-14-30-16-18(29-8)31-23(28)32-19(16)33/h14-15,17,20,34H,9-13H2,1-8H3,(H3,28,29,31,32)/t15-,17-,20-,26-/m1/s1. The molecule has 18 heteroatoms. The van der Waals surface area contributed by atoms with Crippen LogP contribution in [0.15, 0.2) is 6.33 Å². The number of phosphoric ester groups is 1. The molecule has 0 radical (unpaired) electrons. The van der Waals surface area contributed by atoms with Crippen LogP contribution >= 0.6 is 31.3 Å². The molecular formula is C26H42FN6O8PS2. The molecule has 0 aliphatic carbocycles. The van der Waals surface area contributed by atoms with Gasteiger partial charge in [0.2, 0.25) is 5.95 Å². The molecule has 4 N–H and O–H groups in total. The van der Waals surface area contributed by atoms with Crippen LogP contribution in [0.4, 0.5) is 16.2 Å². The molecule has 1 aliphatic heterocycles. The maximum absolute atomic E-state index is 16.0. The third-order valence-electron chi connectivity index (χ3n) is 6.40. The number of halogens is 1. The summed E-state index contributed by atoms with van der Waals surface area (Å²) in [6.45, 7) is 10.9. The first kappa shape index (κ1) is 36.6. The molecule has 0 aromatic carbocycles. The topological polar surface area (TPSA) is 190 Å². The fourth-order valence-corrected chi connectivity index (χ4v) is 6.91. The van der Waals surface area contributed by atoms with Crippen molar-refractivity contribution >= 4 is 64.5 Å². The SMILES string of the molecule is CNc1nc(N)nc2c1ncn2[C@@H]1O[C@H](COP(=O)(OCCSC(=O)C(C)(C)C)OCCSC(=O)C(C)(C)C)[C@@H](O)[C@@]1(C)F. The fraction of sp³-hybridized carbons (Fsp3) is 0.731. The van der Waals surface area contributed by atoms with Crippen molar-refractivity contribution in [1.82, 2.24) is 19.5 Å². The van der Waals surface area contributed by atoms with E-state index < -0.39 is 49.4 Å². The first-order valence-electron chi connectivity index (χ1n) is 13.9. The number of rotatable bonds is 13. The molecule has 0 bridgehead atoms. The number of nitrogens with zero attached hydrogens (tertiary/aromatic N) is 4. The lowest BCUT2D eigenvalue weighted by molar-refractivity contribution is -0.118. The number of aliphatic hydroxyl groups excluding tert-OH is 1. The monoisotopic (exact) mass is 680 g/mol. The van der Waals surface area contributed by atoms with Crippen LogP contribution in [0.5, 0.6) is 0 Å². The van der Waals surface area contributed by atoms with Gasteiger partial charge in [0.1, 0.15) is 12.2 Å². The van der Waals surface area contributed by atoms with E-state index in [1.165, 1.54) is 10.9 Å². The van der Waals surface area contributed by atoms with E-state index in [-0.39, 0.29) is 46.5 Å². The number of alkyl halides is 1. The lowest BCUT2D eigenvalue weighted by Gasteiger charge is -2.24. The molecule has 0 unspecified atom stereocenters. The molecule has 0 saturated carbocycles. The van der Waals surface area contributed by atoms with Crippen molar-refractivity contribution in [3.05, 3.63) is 6.33 Å². The molecule has 1 aliphatic rings. The molecule has 44 heavy (non-hydrogen) atoms. The minimum Gasteiger partial charge on any atom is -0.387 e. The number of aliphatic hydroxyl groups is 1. The molecule has 2 aromatic heterocycles. The van der Waals surface area contributed by atoms with Gasteiger partial charge >= 0.3 is 7.82 Å². The first-order valence-corrected chi connectivity index (χ1v) is 17.3. The van der Waals surface area contributed by atoms with E-state index in [2.05, 4.69) is 20.3 Å². The van der Waals surface area contributed by atoms with Crippen molar-refractivity contribution in [3.8, 4) is 0 Å². The van der Waals surface area contributed by atoms with Crippen LogP contribution in [-0.4, -0.2) is 91.1 Å². The van der Waals surface area contributed by atoms with E-state index in [4.69, 9.17) is 24.0 Å². The zero-order valence-electron chi connectivity index (χ0n) is 26.2. The highest BCUT2D eigenvalue weighted by Gasteiger charge is 2.56. The van der Waals surface area contributed by atoms with Gasteiger partial charge in [-0.3, -0.25) is 27.7 Å². The highest BCUT2D eigenvalue weighted by atomic mass is 32.2. The average Bonchev–Trinajstić information content (AvgIpc) is 3.43. The second kappa shape index (κ2) is 14.3. The van der Waals surface area contributed by atoms with Crippen LogP contribution < -0.4 is 11.1 Å². The normalized spacial score (nSPS) is 22.9. The predicted octanol–water partition coefficient (Wildman–Crippen LogP) is 4.21. The van der Waals surface area contributed by atoms with Crippen molar-refractivity contribution in [1.29, 1.82) is 0 Å². The van der Waals surface area contributed by atoms with E-state index in [1.807, 2.05) is 0 Å². The summed E-state index contributed by atoms with van der Waals surface area (Å²) in [5.41, 5.74) is 2.79. The predicted molar refractivity (Wildman–Crippen MR) is 168 cm³/mol. The van der Waals surface area contributed by atoms with Gasteiger partial charge in [-0.05, 0) is 6.92 Å². The summed E-state index contributed by atoms with van der Waals surface area (Å²) < 4.78 is 53.2. The number of nitrogens with one attached hydrogen (secondary N) is 1. The molecular weight excluding hydrogens is 638 g/mol. The number of nitrogen functional groups attached to an aromatic ring is 1. The molecule has 4 atom stereocenters. The van der Waals surface area contributed by atoms with Crippen LogP contribution in [-0.2, 0) is 32.5 Å². The summed E-state index contributed by atoms with van der Waals surface area (Å²) in [5.74, 6) is 0.586. The summed E-state index contributed by atoms with van der Waals surface area (Å²) in [6, 6.07) is 0. The van der Waals surface area contributed by atoms with Gasteiger partial charge in [0.25, 0.3) is 0 Å². The number of nitrogens with two attached hydrogens (primary N) is 1. The van der Waals surface area contributed by atoms with Crippen LogP contribution in [0.3, 0.4) is 0 Å². The largest absolute Gasteiger partial charge is 0.474 e. The number of imidazole rings is 1. The van der Waals surface area contributed by atoms with Gasteiger partial charge in [-0.2, -0.15) is 9.97 Å². The number of hydrogen-bond acceptors (Lipinski definition) is 15. The zero-order chi connectivity index (χ0) is 33.1. The minimum absolute atomic E-state index is 0.0773.